The van der Waals surface area contributed by atoms with Crippen molar-refractivity contribution in [2.24, 2.45) is 0 Å². The van der Waals surface area contributed by atoms with Crippen LogP contribution >= 0.6 is 11.6 Å². The van der Waals surface area contributed by atoms with E-state index in [1.165, 1.54) is 37.4 Å². The molecule has 3 aromatic rings. The number of amides is 1. The third kappa shape index (κ3) is 4.24. The molecule has 0 radical (unpaired) electrons. The fourth-order valence-electron chi connectivity index (χ4n) is 3.80. The van der Waals surface area contributed by atoms with Crippen LogP contribution in [-0.2, 0) is 15.8 Å². The summed E-state index contributed by atoms with van der Waals surface area (Å²) in [6.45, 7) is 0. The molecule has 1 atom stereocenters. The molecule has 0 aliphatic carbocycles. The minimum atomic E-state index is -4.65. The van der Waals surface area contributed by atoms with Gasteiger partial charge in [-0.25, -0.2) is 0 Å². The average molecular weight is 488 g/mol. The predicted molar refractivity (Wildman–Crippen MR) is 121 cm³/mol. The molecule has 174 valence electrons. The number of carbonyl (C=O) groups is 2. The second-order valence-corrected chi connectivity index (χ2v) is 7.93. The molecular formula is C25H17ClF3NO4. The van der Waals surface area contributed by atoms with E-state index in [4.69, 9.17) is 16.3 Å². The molecule has 1 heterocycles. The molecule has 0 saturated carbocycles. The average Bonchev–Trinajstić information content (AvgIpc) is 3.09. The maximum Gasteiger partial charge on any atom is 0.416 e. The summed E-state index contributed by atoms with van der Waals surface area (Å²) in [4.78, 5) is 27.1. The Morgan fingerprint density at radius 3 is 2.24 bits per heavy atom. The number of benzene rings is 3. The maximum atomic E-state index is 13.3. The van der Waals surface area contributed by atoms with Crippen molar-refractivity contribution in [3.63, 3.8) is 0 Å². The number of anilines is 1. The van der Waals surface area contributed by atoms with Crippen LogP contribution in [-0.4, -0.2) is 23.9 Å². The molecule has 0 unspecified atom stereocenters. The molecule has 1 amide bonds. The summed E-state index contributed by atoms with van der Waals surface area (Å²) in [5, 5.41) is 11.4. The molecule has 0 spiro atoms. The highest BCUT2D eigenvalue weighted by Crippen LogP contribution is 2.43. The van der Waals surface area contributed by atoms with Gasteiger partial charge in [-0.1, -0.05) is 29.8 Å². The number of methoxy groups -OCH3 is 1. The molecule has 1 aliphatic rings. The summed E-state index contributed by atoms with van der Waals surface area (Å²) >= 11 is 5.98. The lowest BCUT2D eigenvalue weighted by Crippen LogP contribution is -2.29. The van der Waals surface area contributed by atoms with E-state index in [0.717, 1.165) is 23.1 Å². The first-order valence-electron chi connectivity index (χ1n) is 10.00. The largest absolute Gasteiger partial charge is 0.507 e. The van der Waals surface area contributed by atoms with Gasteiger partial charge in [-0.3, -0.25) is 14.5 Å². The van der Waals surface area contributed by atoms with Crippen molar-refractivity contribution >= 4 is 34.7 Å². The van der Waals surface area contributed by atoms with E-state index in [1.807, 2.05) is 0 Å². The van der Waals surface area contributed by atoms with Crippen molar-refractivity contribution in [2.45, 2.75) is 12.2 Å². The van der Waals surface area contributed by atoms with E-state index in [0.29, 0.717) is 16.3 Å². The van der Waals surface area contributed by atoms with Crippen molar-refractivity contribution in [1.82, 2.24) is 0 Å². The summed E-state index contributed by atoms with van der Waals surface area (Å²) in [5.41, 5.74) is -0.740. The minimum Gasteiger partial charge on any atom is -0.507 e. The molecule has 34 heavy (non-hydrogen) atoms. The lowest BCUT2D eigenvalue weighted by atomic mass is 9.95. The summed E-state index contributed by atoms with van der Waals surface area (Å²) in [6.07, 6.45) is -4.65. The van der Waals surface area contributed by atoms with Crippen molar-refractivity contribution in [1.29, 1.82) is 0 Å². The Morgan fingerprint density at radius 2 is 1.65 bits per heavy atom. The number of aliphatic hydroxyl groups excluding tert-OH is 1. The lowest BCUT2D eigenvalue weighted by molar-refractivity contribution is -0.137. The van der Waals surface area contributed by atoms with Crippen LogP contribution in [0, 0.1) is 0 Å². The number of hydrogen-bond donors (Lipinski definition) is 1. The molecule has 5 nitrogen and oxygen atoms in total. The van der Waals surface area contributed by atoms with Gasteiger partial charge in [0.25, 0.3) is 11.7 Å². The summed E-state index contributed by atoms with van der Waals surface area (Å²) < 4.78 is 45.1. The van der Waals surface area contributed by atoms with Crippen LogP contribution in [0.5, 0.6) is 5.75 Å². The van der Waals surface area contributed by atoms with E-state index in [-0.39, 0.29) is 16.8 Å². The third-order valence-electron chi connectivity index (χ3n) is 5.45. The summed E-state index contributed by atoms with van der Waals surface area (Å²) in [5.74, 6) is -2.04. The molecule has 0 aromatic heterocycles. The Balaban J connectivity index is 1.92. The lowest BCUT2D eigenvalue weighted by Gasteiger charge is -2.26. The first-order chi connectivity index (χ1) is 16.1. The monoisotopic (exact) mass is 487 g/mol. The number of ether oxygens (including phenoxy) is 1. The quantitative estimate of drug-likeness (QED) is 0.279. The van der Waals surface area contributed by atoms with Gasteiger partial charge >= 0.3 is 6.18 Å². The summed E-state index contributed by atoms with van der Waals surface area (Å²) in [6, 6.07) is 15.2. The van der Waals surface area contributed by atoms with Gasteiger partial charge in [0.15, 0.2) is 0 Å². The van der Waals surface area contributed by atoms with Gasteiger partial charge in [-0.15, -0.1) is 0 Å². The Labute approximate surface area is 197 Å². The zero-order valence-corrected chi connectivity index (χ0v) is 18.4. The van der Waals surface area contributed by atoms with Crippen LogP contribution in [0.3, 0.4) is 0 Å². The van der Waals surface area contributed by atoms with Crippen LogP contribution in [0.1, 0.15) is 22.7 Å². The Hall–Kier alpha value is -3.78. The zero-order valence-electron chi connectivity index (χ0n) is 17.6. The minimum absolute atomic E-state index is 0.134. The number of rotatable bonds is 4. The van der Waals surface area contributed by atoms with Crippen LogP contribution in [0.25, 0.3) is 5.76 Å². The molecule has 1 N–H and O–H groups in total. The fourth-order valence-corrected chi connectivity index (χ4v) is 3.92. The van der Waals surface area contributed by atoms with Crippen LogP contribution in [0.2, 0.25) is 5.02 Å². The highest BCUT2D eigenvalue weighted by Gasteiger charge is 2.47. The van der Waals surface area contributed by atoms with Crippen LogP contribution in [0.15, 0.2) is 78.4 Å². The Bertz CT molecular complexity index is 1280. The first kappa shape index (κ1) is 23.4. The predicted octanol–water partition coefficient (Wildman–Crippen LogP) is 5.99. The van der Waals surface area contributed by atoms with Gasteiger partial charge in [-0.05, 0) is 60.2 Å². The molecule has 4 rings (SSSR count). The number of Topliss-reactive ketones (excluding diaryl/α,β-unsaturated/α-hetero) is 1. The normalized spacial score (nSPS) is 17.8. The number of hydrogen-bond acceptors (Lipinski definition) is 4. The van der Waals surface area contributed by atoms with E-state index < -0.39 is 35.2 Å². The summed E-state index contributed by atoms with van der Waals surface area (Å²) in [7, 11) is 1.47. The van der Waals surface area contributed by atoms with Gasteiger partial charge in [-0.2, -0.15) is 13.2 Å². The molecule has 9 heteroatoms. The van der Waals surface area contributed by atoms with Gasteiger partial charge in [0.05, 0.1) is 24.3 Å². The second-order valence-electron chi connectivity index (χ2n) is 7.50. The molecule has 1 aliphatic heterocycles. The van der Waals surface area contributed by atoms with E-state index >= 15 is 0 Å². The van der Waals surface area contributed by atoms with Gasteiger partial charge in [0.1, 0.15) is 11.5 Å². The smallest absolute Gasteiger partial charge is 0.416 e. The number of carbonyl (C=O) groups excluding carboxylic acids is 2. The zero-order chi connectivity index (χ0) is 24.6. The van der Waals surface area contributed by atoms with Crippen molar-refractivity contribution in [2.75, 3.05) is 12.0 Å². The van der Waals surface area contributed by atoms with E-state index in [9.17, 15) is 27.9 Å². The van der Waals surface area contributed by atoms with Crippen molar-refractivity contribution in [3.05, 3.63) is 100 Å². The number of ketones is 1. The van der Waals surface area contributed by atoms with Crippen molar-refractivity contribution < 1.29 is 32.6 Å². The highest BCUT2D eigenvalue weighted by molar-refractivity contribution is 6.51. The molecule has 1 fully saturated rings. The van der Waals surface area contributed by atoms with Gasteiger partial charge in [0, 0.05) is 16.3 Å². The van der Waals surface area contributed by atoms with Gasteiger partial charge < -0.3 is 9.84 Å². The van der Waals surface area contributed by atoms with Gasteiger partial charge in [0.2, 0.25) is 0 Å². The second kappa shape index (κ2) is 8.87. The first-order valence-corrected chi connectivity index (χ1v) is 10.4. The third-order valence-corrected chi connectivity index (χ3v) is 5.70. The maximum absolute atomic E-state index is 13.3. The Kier molecular flexibility index (Phi) is 6.10. The topological polar surface area (TPSA) is 66.8 Å². The molecule has 0 bridgehead atoms. The van der Waals surface area contributed by atoms with Crippen molar-refractivity contribution in [3.8, 4) is 5.75 Å². The molecular weight excluding hydrogens is 471 g/mol. The van der Waals surface area contributed by atoms with Crippen LogP contribution in [0.4, 0.5) is 18.9 Å². The number of aliphatic hydroxyl groups is 1. The fraction of sp³-hybridized carbons (Fsp3) is 0.120. The van der Waals surface area contributed by atoms with E-state index in [2.05, 4.69) is 0 Å². The highest BCUT2D eigenvalue weighted by atomic mass is 35.5. The standard InChI is InChI=1S/C25H17ClF3NO4/c1-34-19-11-7-15(8-12-19)22(31)20-21(14-5-9-17(26)10-6-14)30(24(33)23(20)32)18-4-2-3-16(13-18)25(27,28)29/h2-13,21,31H,1H3/t21-/m0/s1. The van der Waals surface area contributed by atoms with Crippen LogP contribution < -0.4 is 9.64 Å². The molecule has 1 saturated heterocycles. The number of nitrogens with zero attached hydrogens (tertiary/aromatic N) is 1. The Morgan fingerprint density at radius 1 is 1.00 bits per heavy atom. The number of halogens is 4. The number of alkyl halides is 3. The SMILES string of the molecule is COc1ccc(C(O)=C2C(=O)C(=O)N(c3cccc(C(F)(F)F)c3)[C@H]2c2ccc(Cl)cc2)cc1. The molecule has 3 aromatic carbocycles. The van der Waals surface area contributed by atoms with E-state index in [1.54, 1.807) is 24.3 Å².